The monoisotopic (exact) mass is 184 g/mol. The minimum atomic E-state index is -0.293. The normalized spacial score (nSPS) is 9.92. The highest BCUT2D eigenvalue weighted by Crippen LogP contribution is 2.15. The summed E-state index contributed by atoms with van der Waals surface area (Å²) in [6, 6.07) is 6.49. The van der Waals surface area contributed by atoms with Crippen LogP contribution in [0, 0.1) is 0 Å². The quantitative estimate of drug-likeness (QED) is 0.712. The van der Waals surface area contributed by atoms with E-state index in [9.17, 15) is 4.39 Å². The van der Waals surface area contributed by atoms with Crippen LogP contribution in [0.1, 0.15) is 12.8 Å². The predicted molar refractivity (Wildman–Crippen MR) is 48.8 cm³/mol. The van der Waals surface area contributed by atoms with Crippen molar-refractivity contribution in [2.45, 2.75) is 12.8 Å². The number of halogens is 1. The van der Waals surface area contributed by atoms with Crippen molar-refractivity contribution in [2.24, 2.45) is 0 Å². The SMILES string of the molecule is Oc1ccc(OCCCCF)cc1. The molecule has 0 heterocycles. The van der Waals surface area contributed by atoms with Gasteiger partial charge in [0.25, 0.3) is 0 Å². The van der Waals surface area contributed by atoms with Gasteiger partial charge >= 0.3 is 0 Å². The molecule has 0 saturated carbocycles. The summed E-state index contributed by atoms with van der Waals surface area (Å²) < 4.78 is 17.0. The van der Waals surface area contributed by atoms with Crippen LogP contribution in [0.4, 0.5) is 4.39 Å². The zero-order valence-electron chi connectivity index (χ0n) is 7.37. The zero-order chi connectivity index (χ0) is 9.52. The Morgan fingerprint density at radius 1 is 1.15 bits per heavy atom. The molecule has 2 nitrogen and oxygen atoms in total. The number of alkyl halides is 1. The van der Waals surface area contributed by atoms with Gasteiger partial charge in [0.1, 0.15) is 11.5 Å². The van der Waals surface area contributed by atoms with Gasteiger partial charge in [-0.2, -0.15) is 0 Å². The lowest BCUT2D eigenvalue weighted by atomic mass is 10.3. The fourth-order valence-electron chi connectivity index (χ4n) is 0.929. The van der Waals surface area contributed by atoms with Gasteiger partial charge in [0.05, 0.1) is 13.3 Å². The van der Waals surface area contributed by atoms with E-state index >= 15 is 0 Å². The first kappa shape index (κ1) is 9.84. The molecule has 0 aliphatic heterocycles. The van der Waals surface area contributed by atoms with Crippen molar-refractivity contribution in [3.63, 3.8) is 0 Å². The van der Waals surface area contributed by atoms with Crippen molar-refractivity contribution in [2.75, 3.05) is 13.3 Å². The summed E-state index contributed by atoms with van der Waals surface area (Å²) in [6.45, 7) is 0.230. The molecule has 0 radical (unpaired) electrons. The van der Waals surface area contributed by atoms with Crippen molar-refractivity contribution in [3.05, 3.63) is 24.3 Å². The van der Waals surface area contributed by atoms with Gasteiger partial charge in [0.2, 0.25) is 0 Å². The van der Waals surface area contributed by atoms with Crippen LogP contribution in [0.3, 0.4) is 0 Å². The van der Waals surface area contributed by atoms with Crippen LogP contribution in [0.25, 0.3) is 0 Å². The molecule has 0 bridgehead atoms. The average molecular weight is 184 g/mol. The molecule has 0 saturated heterocycles. The number of aromatic hydroxyl groups is 1. The van der Waals surface area contributed by atoms with Gasteiger partial charge in [-0.15, -0.1) is 0 Å². The highest BCUT2D eigenvalue weighted by Gasteiger charge is 1.93. The van der Waals surface area contributed by atoms with E-state index in [1.165, 1.54) is 0 Å². The largest absolute Gasteiger partial charge is 0.508 e. The molecule has 0 aromatic heterocycles. The van der Waals surface area contributed by atoms with Crippen molar-refractivity contribution in [3.8, 4) is 11.5 Å². The summed E-state index contributed by atoms with van der Waals surface area (Å²) in [4.78, 5) is 0. The number of phenols is 1. The molecule has 1 N–H and O–H groups in total. The molecular weight excluding hydrogens is 171 g/mol. The van der Waals surface area contributed by atoms with Crippen LogP contribution in [0.2, 0.25) is 0 Å². The fourth-order valence-corrected chi connectivity index (χ4v) is 0.929. The fraction of sp³-hybridized carbons (Fsp3) is 0.400. The summed E-state index contributed by atoms with van der Waals surface area (Å²) in [6.07, 6.45) is 1.26. The molecular formula is C10H13FO2. The summed E-state index contributed by atoms with van der Waals surface area (Å²) in [5.74, 6) is 0.924. The second kappa shape index (κ2) is 5.41. The number of unbranched alkanes of at least 4 members (excludes halogenated alkanes) is 1. The zero-order valence-corrected chi connectivity index (χ0v) is 7.37. The Hall–Kier alpha value is -1.25. The second-order valence-electron chi connectivity index (χ2n) is 2.74. The van der Waals surface area contributed by atoms with Gasteiger partial charge in [-0.25, -0.2) is 0 Å². The lowest BCUT2D eigenvalue weighted by Gasteiger charge is -2.04. The molecule has 0 unspecified atom stereocenters. The van der Waals surface area contributed by atoms with Crippen molar-refractivity contribution in [1.29, 1.82) is 0 Å². The topological polar surface area (TPSA) is 29.5 Å². The van der Waals surface area contributed by atoms with Gasteiger partial charge in [-0.05, 0) is 37.1 Å². The van der Waals surface area contributed by atoms with E-state index in [4.69, 9.17) is 9.84 Å². The number of rotatable bonds is 5. The van der Waals surface area contributed by atoms with Crippen LogP contribution >= 0.6 is 0 Å². The maximum Gasteiger partial charge on any atom is 0.119 e. The standard InChI is InChI=1S/C10H13FO2/c11-7-1-2-8-13-10-5-3-9(12)4-6-10/h3-6,12H,1-2,7-8H2. The lowest BCUT2D eigenvalue weighted by molar-refractivity contribution is 0.297. The highest BCUT2D eigenvalue weighted by atomic mass is 19.1. The summed E-state index contributed by atoms with van der Waals surface area (Å²) >= 11 is 0. The summed E-state index contributed by atoms with van der Waals surface area (Å²) in [5.41, 5.74) is 0. The van der Waals surface area contributed by atoms with E-state index < -0.39 is 0 Å². The number of hydrogen-bond donors (Lipinski definition) is 1. The first-order valence-electron chi connectivity index (χ1n) is 4.31. The molecule has 0 aliphatic rings. The lowest BCUT2D eigenvalue weighted by Crippen LogP contribution is -1.97. The molecule has 1 aromatic carbocycles. The van der Waals surface area contributed by atoms with Crippen LogP contribution in [-0.2, 0) is 0 Å². The Morgan fingerprint density at radius 2 is 1.85 bits per heavy atom. The summed E-state index contributed by atoms with van der Waals surface area (Å²) in [5, 5.41) is 8.96. The molecule has 1 rings (SSSR count). The molecule has 0 atom stereocenters. The Bertz CT molecular complexity index is 233. The number of benzene rings is 1. The smallest absolute Gasteiger partial charge is 0.119 e. The molecule has 0 amide bonds. The predicted octanol–water partition coefficient (Wildman–Crippen LogP) is 2.52. The molecule has 72 valence electrons. The van der Waals surface area contributed by atoms with E-state index in [1.807, 2.05) is 0 Å². The Morgan fingerprint density at radius 3 is 2.46 bits per heavy atom. The molecule has 13 heavy (non-hydrogen) atoms. The van der Waals surface area contributed by atoms with Gasteiger partial charge in [-0.3, -0.25) is 4.39 Å². The van der Waals surface area contributed by atoms with Gasteiger partial charge in [0.15, 0.2) is 0 Å². The first-order chi connectivity index (χ1) is 6.33. The van der Waals surface area contributed by atoms with Crippen molar-refractivity contribution in [1.82, 2.24) is 0 Å². The number of phenolic OH excluding ortho intramolecular Hbond substituents is 1. The average Bonchev–Trinajstić information content (AvgIpc) is 2.15. The second-order valence-corrected chi connectivity index (χ2v) is 2.74. The third-order valence-corrected chi connectivity index (χ3v) is 1.63. The van der Waals surface area contributed by atoms with E-state index in [-0.39, 0.29) is 12.4 Å². The van der Waals surface area contributed by atoms with Crippen molar-refractivity contribution >= 4 is 0 Å². The number of hydrogen-bond acceptors (Lipinski definition) is 2. The molecule has 0 spiro atoms. The Balaban J connectivity index is 2.25. The van der Waals surface area contributed by atoms with Gasteiger partial charge in [0, 0.05) is 0 Å². The van der Waals surface area contributed by atoms with Gasteiger partial charge < -0.3 is 9.84 Å². The van der Waals surface area contributed by atoms with E-state index in [1.54, 1.807) is 24.3 Å². The van der Waals surface area contributed by atoms with Crippen LogP contribution in [-0.4, -0.2) is 18.4 Å². The minimum absolute atomic E-state index is 0.219. The Kier molecular flexibility index (Phi) is 4.09. The first-order valence-corrected chi connectivity index (χ1v) is 4.31. The number of ether oxygens (including phenoxy) is 1. The van der Waals surface area contributed by atoms with Crippen LogP contribution in [0.5, 0.6) is 11.5 Å². The molecule has 0 aliphatic carbocycles. The van der Waals surface area contributed by atoms with Crippen LogP contribution < -0.4 is 4.74 Å². The van der Waals surface area contributed by atoms with Crippen molar-refractivity contribution < 1.29 is 14.2 Å². The molecule has 3 heteroatoms. The van der Waals surface area contributed by atoms with Crippen LogP contribution in [0.15, 0.2) is 24.3 Å². The summed E-state index contributed by atoms with van der Waals surface area (Å²) in [7, 11) is 0. The maximum atomic E-state index is 11.7. The van der Waals surface area contributed by atoms with Gasteiger partial charge in [-0.1, -0.05) is 0 Å². The van der Waals surface area contributed by atoms with E-state index in [0.29, 0.717) is 18.8 Å². The third kappa shape index (κ3) is 3.78. The van der Waals surface area contributed by atoms with E-state index in [0.717, 1.165) is 6.42 Å². The maximum absolute atomic E-state index is 11.7. The molecule has 1 aromatic rings. The molecule has 0 fully saturated rings. The third-order valence-electron chi connectivity index (χ3n) is 1.63. The van der Waals surface area contributed by atoms with E-state index in [2.05, 4.69) is 0 Å². The highest BCUT2D eigenvalue weighted by molar-refractivity contribution is 5.29. The minimum Gasteiger partial charge on any atom is -0.508 e. The Labute approximate surface area is 77.0 Å².